The molecule has 0 fully saturated rings. The van der Waals surface area contributed by atoms with Crippen LogP contribution < -0.4 is 0 Å². The van der Waals surface area contributed by atoms with Crippen LogP contribution in [-0.4, -0.2) is 16.1 Å². The van der Waals surface area contributed by atoms with Gasteiger partial charge in [-0.3, -0.25) is 0 Å². The SMILES string of the molecule is C[Si](C)(C)[C](c1ccccc1)[Si](C)(C)C. The number of benzene rings is 1. The van der Waals surface area contributed by atoms with E-state index in [4.69, 9.17) is 0 Å². The molecular formula is C13H23Si2. The lowest BCUT2D eigenvalue weighted by molar-refractivity contribution is 1.40. The fraction of sp³-hybridized carbons (Fsp3) is 0.462. The topological polar surface area (TPSA) is 0 Å². The van der Waals surface area contributed by atoms with E-state index in [0.717, 1.165) is 0 Å². The van der Waals surface area contributed by atoms with Gasteiger partial charge in [-0.2, -0.15) is 0 Å². The van der Waals surface area contributed by atoms with Gasteiger partial charge in [0.1, 0.15) is 0 Å². The van der Waals surface area contributed by atoms with Crippen LogP contribution in [0.3, 0.4) is 0 Å². The molecule has 0 heterocycles. The molecule has 0 atom stereocenters. The lowest BCUT2D eigenvalue weighted by atomic mass is 10.2. The Balaban J connectivity index is 3.15. The lowest BCUT2D eigenvalue weighted by Gasteiger charge is -2.38. The summed E-state index contributed by atoms with van der Waals surface area (Å²) in [4.78, 5) is 0. The van der Waals surface area contributed by atoms with Crippen molar-refractivity contribution in [3.05, 3.63) is 41.1 Å². The second-order valence-electron chi connectivity index (χ2n) is 6.24. The Morgan fingerprint density at radius 3 is 1.47 bits per heavy atom. The number of hydrogen-bond acceptors (Lipinski definition) is 0. The average Bonchev–Trinajstić information content (AvgIpc) is 2.00. The Labute approximate surface area is 96.7 Å². The minimum atomic E-state index is -1.18. The summed E-state index contributed by atoms with van der Waals surface area (Å²) in [7, 11) is -2.37. The van der Waals surface area contributed by atoms with Crippen LogP contribution in [0, 0.1) is 5.16 Å². The molecule has 1 radical (unpaired) electrons. The molecule has 0 saturated carbocycles. The Bertz CT molecular complexity index is 290. The summed E-state index contributed by atoms with van der Waals surface area (Å²) in [5.41, 5.74) is 1.50. The molecule has 0 aliphatic carbocycles. The Hall–Kier alpha value is -0.346. The third kappa shape index (κ3) is 3.31. The summed E-state index contributed by atoms with van der Waals surface area (Å²) in [5, 5.41) is 1.80. The Morgan fingerprint density at radius 2 is 1.13 bits per heavy atom. The van der Waals surface area contributed by atoms with Gasteiger partial charge >= 0.3 is 0 Å². The maximum absolute atomic E-state index is 2.47. The first-order chi connectivity index (χ1) is 6.73. The normalized spacial score (nSPS) is 13.3. The van der Waals surface area contributed by atoms with Gasteiger partial charge in [0.15, 0.2) is 0 Å². The van der Waals surface area contributed by atoms with E-state index in [2.05, 4.69) is 69.6 Å². The summed E-state index contributed by atoms with van der Waals surface area (Å²) in [6.45, 7) is 14.8. The van der Waals surface area contributed by atoms with Gasteiger partial charge < -0.3 is 0 Å². The van der Waals surface area contributed by atoms with E-state index in [1.54, 1.807) is 5.16 Å². The third-order valence-electron chi connectivity index (χ3n) is 2.56. The van der Waals surface area contributed by atoms with Crippen LogP contribution in [0.4, 0.5) is 0 Å². The summed E-state index contributed by atoms with van der Waals surface area (Å²) in [6.07, 6.45) is 0. The van der Waals surface area contributed by atoms with Crippen LogP contribution >= 0.6 is 0 Å². The molecule has 0 spiro atoms. The van der Waals surface area contributed by atoms with Crippen LogP contribution in [0.25, 0.3) is 0 Å². The largest absolute Gasteiger partial charge is 0.0691 e. The van der Waals surface area contributed by atoms with Crippen LogP contribution in [0.15, 0.2) is 30.3 Å². The first kappa shape index (κ1) is 12.7. The van der Waals surface area contributed by atoms with Crippen molar-refractivity contribution in [3.8, 4) is 0 Å². The molecule has 2 heteroatoms. The molecule has 0 amide bonds. The minimum absolute atomic E-state index is 1.18. The van der Waals surface area contributed by atoms with Crippen LogP contribution in [0.2, 0.25) is 39.3 Å². The van der Waals surface area contributed by atoms with Gasteiger partial charge in [0.2, 0.25) is 0 Å². The molecule has 15 heavy (non-hydrogen) atoms. The van der Waals surface area contributed by atoms with Crippen LogP contribution in [0.5, 0.6) is 0 Å². The molecular weight excluding hydrogens is 212 g/mol. The van der Waals surface area contributed by atoms with Gasteiger partial charge in [-0.05, 0) is 10.7 Å². The standard InChI is InChI=1S/C13H23Si2/c1-14(2,3)13(15(4,5)6)12-10-8-7-9-11-12/h7-11H,1-6H3. The maximum Gasteiger partial charge on any atom is 0.0531 e. The minimum Gasteiger partial charge on any atom is -0.0691 e. The van der Waals surface area contributed by atoms with Crippen LogP contribution in [-0.2, 0) is 0 Å². The smallest absolute Gasteiger partial charge is 0.0531 e. The van der Waals surface area contributed by atoms with Crippen molar-refractivity contribution in [3.63, 3.8) is 0 Å². The fourth-order valence-corrected chi connectivity index (χ4v) is 13.7. The third-order valence-corrected chi connectivity index (χ3v) is 10.6. The molecule has 0 saturated heterocycles. The molecule has 0 aliphatic heterocycles. The molecule has 83 valence electrons. The van der Waals surface area contributed by atoms with Crippen molar-refractivity contribution < 1.29 is 0 Å². The van der Waals surface area contributed by atoms with Crippen molar-refractivity contribution in [1.82, 2.24) is 0 Å². The van der Waals surface area contributed by atoms with Crippen molar-refractivity contribution in [2.75, 3.05) is 0 Å². The summed E-state index contributed by atoms with van der Waals surface area (Å²) >= 11 is 0. The molecule has 0 nitrogen and oxygen atoms in total. The van der Waals surface area contributed by atoms with Crippen molar-refractivity contribution in [2.45, 2.75) is 39.3 Å². The zero-order valence-electron chi connectivity index (χ0n) is 10.9. The van der Waals surface area contributed by atoms with E-state index in [-0.39, 0.29) is 0 Å². The van der Waals surface area contributed by atoms with Crippen LogP contribution in [0.1, 0.15) is 5.56 Å². The van der Waals surface area contributed by atoms with E-state index in [1.807, 2.05) is 0 Å². The van der Waals surface area contributed by atoms with Gasteiger partial charge in [-0.25, -0.2) is 0 Å². The molecule has 0 aromatic heterocycles. The second-order valence-corrected chi connectivity index (χ2v) is 16.7. The quantitative estimate of drug-likeness (QED) is 0.683. The van der Waals surface area contributed by atoms with Crippen molar-refractivity contribution in [2.24, 2.45) is 0 Å². The first-order valence-corrected chi connectivity index (χ1v) is 12.7. The van der Waals surface area contributed by atoms with E-state index >= 15 is 0 Å². The molecule has 0 aliphatic rings. The lowest BCUT2D eigenvalue weighted by Crippen LogP contribution is -2.47. The zero-order chi connectivity index (χ0) is 11.7. The maximum atomic E-state index is 2.47. The highest BCUT2D eigenvalue weighted by Crippen LogP contribution is 2.34. The van der Waals surface area contributed by atoms with Crippen molar-refractivity contribution >= 4 is 16.1 Å². The summed E-state index contributed by atoms with van der Waals surface area (Å²) < 4.78 is 0. The van der Waals surface area contributed by atoms with Gasteiger partial charge in [-0.1, -0.05) is 69.6 Å². The van der Waals surface area contributed by atoms with Gasteiger partial charge in [0, 0.05) is 0 Å². The number of hydrogen-bond donors (Lipinski definition) is 0. The summed E-state index contributed by atoms with van der Waals surface area (Å²) in [5.74, 6) is 0. The fourth-order valence-electron chi connectivity index (χ4n) is 2.60. The Kier molecular flexibility index (Phi) is 3.61. The van der Waals surface area contributed by atoms with E-state index in [0.29, 0.717) is 0 Å². The molecule has 0 unspecified atom stereocenters. The second kappa shape index (κ2) is 4.26. The predicted molar refractivity (Wildman–Crippen MR) is 75.5 cm³/mol. The average molecular weight is 235 g/mol. The van der Waals surface area contributed by atoms with E-state index < -0.39 is 16.1 Å². The molecule has 1 rings (SSSR count). The Morgan fingerprint density at radius 1 is 0.733 bits per heavy atom. The molecule has 0 N–H and O–H groups in total. The van der Waals surface area contributed by atoms with Gasteiger partial charge in [0.25, 0.3) is 0 Å². The zero-order valence-corrected chi connectivity index (χ0v) is 12.9. The molecule has 0 bridgehead atoms. The molecule has 1 aromatic rings. The number of rotatable bonds is 3. The summed E-state index contributed by atoms with van der Waals surface area (Å²) in [6, 6.07) is 11.0. The van der Waals surface area contributed by atoms with E-state index in [1.165, 1.54) is 5.56 Å². The highest BCUT2D eigenvalue weighted by atomic mass is 28.4. The molecule has 1 aromatic carbocycles. The first-order valence-electron chi connectivity index (χ1n) is 5.66. The van der Waals surface area contributed by atoms with E-state index in [9.17, 15) is 0 Å². The highest BCUT2D eigenvalue weighted by molar-refractivity contribution is 7.03. The van der Waals surface area contributed by atoms with Gasteiger partial charge in [-0.15, -0.1) is 0 Å². The van der Waals surface area contributed by atoms with Gasteiger partial charge in [0.05, 0.1) is 16.1 Å². The highest BCUT2D eigenvalue weighted by Gasteiger charge is 2.38. The monoisotopic (exact) mass is 235 g/mol. The predicted octanol–water partition coefficient (Wildman–Crippen LogP) is 4.36. The van der Waals surface area contributed by atoms with Crippen molar-refractivity contribution in [1.29, 1.82) is 0 Å².